The number of ether oxygens (including phenoxy) is 1. The third-order valence-corrected chi connectivity index (χ3v) is 7.57. The van der Waals surface area contributed by atoms with Crippen molar-refractivity contribution in [1.29, 1.82) is 0 Å². The maximum Gasteiger partial charge on any atom is 0.253 e. The van der Waals surface area contributed by atoms with Gasteiger partial charge in [-0.1, -0.05) is 26.0 Å². The van der Waals surface area contributed by atoms with Crippen molar-refractivity contribution in [2.45, 2.75) is 64.2 Å². The van der Waals surface area contributed by atoms with Crippen molar-refractivity contribution in [3.63, 3.8) is 0 Å². The summed E-state index contributed by atoms with van der Waals surface area (Å²) in [5, 5.41) is 3.29. The molecule has 0 aliphatic carbocycles. The van der Waals surface area contributed by atoms with E-state index < -0.39 is 5.67 Å². The molecule has 0 saturated carbocycles. The summed E-state index contributed by atoms with van der Waals surface area (Å²) in [6.07, 6.45) is 8.89. The zero-order valence-corrected chi connectivity index (χ0v) is 20.6. The molecule has 1 aromatic carbocycles. The Hall–Kier alpha value is -2.41. The van der Waals surface area contributed by atoms with Gasteiger partial charge >= 0.3 is 0 Å². The highest BCUT2D eigenvalue weighted by Gasteiger charge is 2.30. The average molecular weight is 471 g/mol. The molecule has 1 N–H and O–H groups in total. The first kappa shape index (κ1) is 24.7. The Morgan fingerprint density at radius 2 is 1.79 bits per heavy atom. The van der Waals surface area contributed by atoms with Crippen LogP contribution in [0.2, 0.25) is 0 Å². The Morgan fingerprint density at radius 1 is 1.12 bits per heavy atom. The van der Waals surface area contributed by atoms with Gasteiger partial charge in [-0.05, 0) is 75.2 Å². The Morgan fingerprint density at radius 3 is 2.38 bits per heavy atom. The summed E-state index contributed by atoms with van der Waals surface area (Å²) in [5.41, 5.74) is 0.691. The molecule has 4 rings (SSSR count). The van der Waals surface area contributed by atoms with Crippen LogP contribution in [0.15, 0.2) is 41.2 Å². The molecule has 6 nitrogen and oxygen atoms in total. The third-order valence-electron chi connectivity index (χ3n) is 7.57. The van der Waals surface area contributed by atoms with Crippen LogP contribution in [-0.4, -0.2) is 66.9 Å². The van der Waals surface area contributed by atoms with E-state index in [-0.39, 0.29) is 12.1 Å². The van der Waals surface area contributed by atoms with E-state index in [1.807, 2.05) is 49.2 Å². The Balaban J connectivity index is 1.19. The minimum Gasteiger partial charge on any atom is -0.490 e. The van der Waals surface area contributed by atoms with Gasteiger partial charge in [-0.25, -0.2) is 4.39 Å². The minimum atomic E-state index is -1.06. The number of likely N-dealkylation sites (tertiary alicyclic amines) is 2. The number of carbonyl (C=O) groups is 1. The molecular weight excluding hydrogens is 431 g/mol. The lowest BCUT2D eigenvalue weighted by molar-refractivity contribution is 0.0514. The fraction of sp³-hybridized carbons (Fsp3) is 0.630. The summed E-state index contributed by atoms with van der Waals surface area (Å²) in [5.74, 6) is 1.34. The van der Waals surface area contributed by atoms with Crippen molar-refractivity contribution < 1.29 is 13.9 Å². The summed E-state index contributed by atoms with van der Waals surface area (Å²) < 4.78 is 20.7. The number of alkyl halides is 1. The molecule has 1 unspecified atom stereocenters. The maximum absolute atomic E-state index is 14.7. The summed E-state index contributed by atoms with van der Waals surface area (Å²) in [6.45, 7) is 8.67. The van der Waals surface area contributed by atoms with Gasteiger partial charge in [0.2, 0.25) is 0 Å². The molecule has 34 heavy (non-hydrogen) atoms. The summed E-state index contributed by atoms with van der Waals surface area (Å²) in [4.78, 5) is 21.3. The molecule has 0 radical (unpaired) electrons. The van der Waals surface area contributed by atoms with Gasteiger partial charge < -0.3 is 19.9 Å². The van der Waals surface area contributed by atoms with E-state index in [2.05, 4.69) is 15.2 Å². The topological polar surface area (TPSA) is 57.2 Å². The van der Waals surface area contributed by atoms with Gasteiger partial charge in [0, 0.05) is 31.4 Å². The predicted octanol–water partition coefficient (Wildman–Crippen LogP) is 4.69. The van der Waals surface area contributed by atoms with Gasteiger partial charge in [-0.3, -0.25) is 9.79 Å². The van der Waals surface area contributed by atoms with Gasteiger partial charge in [0.25, 0.3) is 5.91 Å². The number of aliphatic imine (C=N–C) groups is 1. The second-order valence-corrected chi connectivity index (χ2v) is 9.90. The van der Waals surface area contributed by atoms with E-state index in [1.165, 1.54) is 0 Å². The highest BCUT2D eigenvalue weighted by Crippen LogP contribution is 2.26. The van der Waals surface area contributed by atoms with Crippen LogP contribution in [0.4, 0.5) is 4.39 Å². The number of nitrogens with zero attached hydrogens (tertiary/aromatic N) is 3. The molecule has 3 aliphatic rings. The minimum absolute atomic E-state index is 0.116. The molecule has 1 amide bonds. The first-order valence-electron chi connectivity index (χ1n) is 12.9. The lowest BCUT2D eigenvalue weighted by atomic mass is 9.94. The van der Waals surface area contributed by atoms with Crippen molar-refractivity contribution in [3.8, 4) is 0 Å². The van der Waals surface area contributed by atoms with Crippen LogP contribution in [0.1, 0.15) is 74.5 Å². The van der Waals surface area contributed by atoms with Crippen molar-refractivity contribution in [3.05, 3.63) is 47.4 Å². The first-order valence-corrected chi connectivity index (χ1v) is 12.9. The Bertz CT molecular complexity index is 867. The van der Waals surface area contributed by atoms with Crippen molar-refractivity contribution in [1.82, 2.24) is 15.1 Å². The molecule has 186 valence electrons. The summed E-state index contributed by atoms with van der Waals surface area (Å²) in [6, 6.07) is 7.72. The number of piperidine rings is 1. The second kappa shape index (κ2) is 11.3. The zero-order valence-electron chi connectivity index (χ0n) is 20.6. The first-order chi connectivity index (χ1) is 16.5. The van der Waals surface area contributed by atoms with Gasteiger partial charge in [-0.15, -0.1) is 0 Å². The van der Waals surface area contributed by atoms with Gasteiger partial charge in [-0.2, -0.15) is 0 Å². The summed E-state index contributed by atoms with van der Waals surface area (Å²) >= 11 is 0. The number of allylic oxidation sites excluding steroid dienone is 1. The molecule has 1 aromatic rings. The molecule has 2 saturated heterocycles. The fourth-order valence-corrected chi connectivity index (χ4v) is 4.96. The maximum atomic E-state index is 14.7. The monoisotopic (exact) mass is 470 g/mol. The van der Waals surface area contributed by atoms with Crippen LogP contribution in [0.3, 0.4) is 0 Å². The quantitative estimate of drug-likeness (QED) is 0.569. The number of rotatable bonds is 9. The van der Waals surface area contributed by atoms with Crippen LogP contribution in [0.25, 0.3) is 0 Å². The molecule has 7 heteroatoms. The predicted molar refractivity (Wildman–Crippen MR) is 134 cm³/mol. The highest BCUT2D eigenvalue weighted by atomic mass is 19.1. The molecule has 0 bridgehead atoms. The van der Waals surface area contributed by atoms with Gasteiger partial charge in [0.05, 0.1) is 12.8 Å². The van der Waals surface area contributed by atoms with E-state index in [4.69, 9.17) is 4.74 Å². The van der Waals surface area contributed by atoms with E-state index in [0.29, 0.717) is 31.9 Å². The van der Waals surface area contributed by atoms with Crippen molar-refractivity contribution in [2.75, 3.05) is 39.3 Å². The lowest BCUT2D eigenvalue weighted by Crippen LogP contribution is -2.43. The number of amides is 1. The number of carbonyl (C=O) groups excluding carboxylic acids is 1. The number of nitrogens with one attached hydrogen (secondary N) is 1. The number of benzene rings is 1. The smallest absolute Gasteiger partial charge is 0.253 e. The van der Waals surface area contributed by atoms with E-state index >= 15 is 0 Å². The standard InChI is InChI=1S/C27H39FN4O2/c1-3-27(28,4-2)20-31-15-11-21(12-16-31)19-34-24-17-29-25(30-18-24)22-7-9-23(10-8-22)26(33)32-13-5-6-14-32/h7-10,17-18,21,25,29H,3-6,11-16,19-20H2,1-2H3. The van der Waals surface area contributed by atoms with Crippen LogP contribution in [-0.2, 0) is 4.74 Å². The lowest BCUT2D eigenvalue weighted by Gasteiger charge is -2.36. The largest absolute Gasteiger partial charge is 0.490 e. The summed E-state index contributed by atoms with van der Waals surface area (Å²) in [7, 11) is 0. The molecule has 0 aromatic heterocycles. The van der Waals surface area contributed by atoms with Crippen LogP contribution in [0.5, 0.6) is 0 Å². The molecule has 2 fully saturated rings. The zero-order chi connectivity index (χ0) is 24.0. The molecule has 3 heterocycles. The number of hydrogen-bond donors (Lipinski definition) is 1. The highest BCUT2D eigenvalue weighted by molar-refractivity contribution is 5.94. The van der Waals surface area contributed by atoms with Crippen LogP contribution < -0.4 is 5.32 Å². The van der Waals surface area contributed by atoms with Crippen LogP contribution >= 0.6 is 0 Å². The van der Waals surface area contributed by atoms with Crippen LogP contribution in [0, 0.1) is 5.92 Å². The van der Waals surface area contributed by atoms with E-state index in [9.17, 15) is 9.18 Å². The fourth-order valence-electron chi connectivity index (χ4n) is 4.96. The molecule has 1 atom stereocenters. The van der Waals surface area contributed by atoms with Gasteiger partial charge in [0.1, 0.15) is 11.8 Å². The molecule has 0 spiro atoms. The third kappa shape index (κ3) is 6.17. The normalized spacial score (nSPS) is 21.9. The van der Waals surface area contributed by atoms with Gasteiger partial charge in [0.15, 0.2) is 5.76 Å². The number of hydrogen-bond acceptors (Lipinski definition) is 5. The second-order valence-electron chi connectivity index (χ2n) is 9.90. The number of halogens is 1. The SMILES string of the molecule is CCC(F)(CC)CN1CCC(COC2=CNC(c3ccc(C(=O)N4CCCC4)cc3)N=C2)CC1. The van der Waals surface area contributed by atoms with Crippen molar-refractivity contribution in [2.24, 2.45) is 10.9 Å². The average Bonchev–Trinajstić information content (AvgIpc) is 3.43. The van der Waals surface area contributed by atoms with E-state index in [1.54, 1.807) is 6.21 Å². The van der Waals surface area contributed by atoms with Crippen molar-refractivity contribution >= 4 is 12.1 Å². The Kier molecular flexibility index (Phi) is 8.24. The van der Waals surface area contributed by atoms with E-state index in [0.717, 1.165) is 68.7 Å². The molecular formula is C27H39FN4O2. The molecule has 3 aliphatic heterocycles. The Labute approximate surface area is 203 Å².